The van der Waals surface area contributed by atoms with Crippen molar-refractivity contribution < 1.29 is 37.4 Å². The van der Waals surface area contributed by atoms with Crippen LogP contribution in [0.5, 0.6) is 0 Å². The zero-order valence-corrected chi connectivity index (χ0v) is 19.7. The fourth-order valence-electron chi connectivity index (χ4n) is 2.29. The second-order valence-electron chi connectivity index (χ2n) is 6.82. The molecule has 1 amide bonds. The van der Waals surface area contributed by atoms with Gasteiger partial charge in [-0.2, -0.15) is 0 Å². The van der Waals surface area contributed by atoms with Gasteiger partial charge < -0.3 is 28.4 Å². The molecular weight excluding hydrogens is 410 g/mol. The standard InChI is InChI=1S/C20H35NO8Si/c1-8-27-30(7,28-9-2)12-10-11-21-20(24)29-17(13-25-18(22)15(3)4)14-26-19(23)16(5)6/h17H,3,5,8-14H2,1-2,4,6-7H3,(H,21,24). The van der Waals surface area contributed by atoms with E-state index in [-0.39, 0.29) is 24.4 Å². The van der Waals surface area contributed by atoms with Gasteiger partial charge in [0.15, 0.2) is 6.10 Å². The summed E-state index contributed by atoms with van der Waals surface area (Å²) in [5.74, 6) is -1.27. The van der Waals surface area contributed by atoms with E-state index in [9.17, 15) is 14.4 Å². The van der Waals surface area contributed by atoms with Crippen molar-refractivity contribution in [1.82, 2.24) is 5.32 Å². The zero-order chi connectivity index (χ0) is 23.2. The molecule has 0 aromatic carbocycles. The molecule has 0 radical (unpaired) electrons. The maximum Gasteiger partial charge on any atom is 0.407 e. The Balaban J connectivity index is 4.59. The van der Waals surface area contributed by atoms with E-state index in [2.05, 4.69) is 18.5 Å². The minimum absolute atomic E-state index is 0.202. The zero-order valence-electron chi connectivity index (χ0n) is 18.7. The molecule has 172 valence electrons. The van der Waals surface area contributed by atoms with Gasteiger partial charge in [0.05, 0.1) is 0 Å². The third kappa shape index (κ3) is 12.4. The third-order valence-electron chi connectivity index (χ3n) is 3.75. The maximum atomic E-state index is 12.1. The van der Waals surface area contributed by atoms with Gasteiger partial charge in [-0.15, -0.1) is 0 Å². The van der Waals surface area contributed by atoms with Crippen molar-refractivity contribution in [2.24, 2.45) is 0 Å². The lowest BCUT2D eigenvalue weighted by Gasteiger charge is -2.26. The van der Waals surface area contributed by atoms with E-state index in [1.54, 1.807) is 0 Å². The van der Waals surface area contributed by atoms with Crippen LogP contribution in [0.1, 0.15) is 34.1 Å². The first-order chi connectivity index (χ1) is 14.0. The van der Waals surface area contributed by atoms with Crippen molar-refractivity contribution in [1.29, 1.82) is 0 Å². The van der Waals surface area contributed by atoms with Gasteiger partial charge >= 0.3 is 26.6 Å². The van der Waals surface area contributed by atoms with E-state index in [0.717, 1.165) is 0 Å². The highest BCUT2D eigenvalue weighted by Crippen LogP contribution is 2.15. The molecule has 0 saturated heterocycles. The predicted octanol–water partition coefficient (Wildman–Crippen LogP) is 2.85. The number of carbonyl (C=O) groups is 3. The van der Waals surface area contributed by atoms with Crippen LogP contribution in [0.3, 0.4) is 0 Å². The van der Waals surface area contributed by atoms with E-state index in [1.807, 2.05) is 20.4 Å². The van der Waals surface area contributed by atoms with Crippen molar-refractivity contribution in [2.75, 3.05) is 33.0 Å². The van der Waals surface area contributed by atoms with Gasteiger partial charge in [-0.3, -0.25) is 0 Å². The van der Waals surface area contributed by atoms with Crippen molar-refractivity contribution in [3.8, 4) is 0 Å². The Labute approximate surface area is 180 Å². The lowest BCUT2D eigenvalue weighted by molar-refractivity contribution is -0.147. The summed E-state index contributed by atoms with van der Waals surface area (Å²) < 4.78 is 26.7. The third-order valence-corrected chi connectivity index (χ3v) is 6.81. The Morgan fingerprint density at radius 1 is 0.933 bits per heavy atom. The Kier molecular flexibility index (Phi) is 13.7. The molecule has 0 atom stereocenters. The molecule has 0 aromatic heterocycles. The second-order valence-corrected chi connectivity index (χ2v) is 10.2. The van der Waals surface area contributed by atoms with Crippen molar-refractivity contribution in [3.63, 3.8) is 0 Å². The predicted molar refractivity (Wildman–Crippen MR) is 114 cm³/mol. The summed E-state index contributed by atoms with van der Waals surface area (Å²) in [5.41, 5.74) is 0.404. The number of hydrogen-bond acceptors (Lipinski definition) is 8. The minimum Gasteiger partial charge on any atom is -0.458 e. The van der Waals surface area contributed by atoms with Crippen LogP contribution in [-0.4, -0.2) is 65.7 Å². The van der Waals surface area contributed by atoms with Crippen molar-refractivity contribution in [2.45, 2.75) is 52.8 Å². The quantitative estimate of drug-likeness (QED) is 0.135. The van der Waals surface area contributed by atoms with Crippen LogP contribution in [0.25, 0.3) is 0 Å². The molecule has 0 saturated carbocycles. The number of ether oxygens (including phenoxy) is 3. The maximum absolute atomic E-state index is 12.1. The van der Waals surface area contributed by atoms with E-state index in [4.69, 9.17) is 23.1 Å². The normalized spacial score (nSPS) is 11.0. The second kappa shape index (κ2) is 14.8. The summed E-state index contributed by atoms with van der Waals surface area (Å²) in [6.45, 7) is 16.7. The molecule has 0 aromatic rings. The van der Waals surface area contributed by atoms with Crippen LogP contribution in [0.4, 0.5) is 4.79 Å². The van der Waals surface area contributed by atoms with Crippen LogP contribution in [0, 0.1) is 0 Å². The highest BCUT2D eigenvalue weighted by atomic mass is 28.4. The summed E-state index contributed by atoms with van der Waals surface area (Å²) in [7, 11) is -2.25. The number of rotatable bonds is 15. The Bertz CT molecular complexity index is 572. The van der Waals surface area contributed by atoms with Gasteiger partial charge in [0.2, 0.25) is 0 Å². The minimum atomic E-state index is -2.25. The summed E-state index contributed by atoms with van der Waals surface area (Å²) in [4.78, 5) is 35.2. The topological polar surface area (TPSA) is 109 Å². The van der Waals surface area contributed by atoms with Crippen molar-refractivity contribution >= 4 is 26.6 Å². The molecule has 30 heavy (non-hydrogen) atoms. The van der Waals surface area contributed by atoms with Gasteiger partial charge in [0, 0.05) is 30.9 Å². The van der Waals surface area contributed by atoms with E-state index in [1.165, 1.54) is 13.8 Å². The molecule has 0 spiro atoms. The Morgan fingerprint density at radius 3 is 1.80 bits per heavy atom. The fraction of sp³-hybridized carbons (Fsp3) is 0.650. The molecule has 0 aliphatic rings. The highest BCUT2D eigenvalue weighted by Gasteiger charge is 2.30. The van der Waals surface area contributed by atoms with Gasteiger partial charge in [-0.05, 0) is 46.7 Å². The molecule has 0 aliphatic carbocycles. The number of amides is 1. The van der Waals surface area contributed by atoms with Crippen molar-refractivity contribution in [3.05, 3.63) is 24.3 Å². The van der Waals surface area contributed by atoms with Gasteiger partial charge in [0.1, 0.15) is 13.2 Å². The van der Waals surface area contributed by atoms with Gasteiger partial charge in [-0.1, -0.05) is 13.2 Å². The molecule has 9 nitrogen and oxygen atoms in total. The van der Waals surface area contributed by atoms with Crippen LogP contribution >= 0.6 is 0 Å². The summed E-state index contributed by atoms with van der Waals surface area (Å²) >= 11 is 0. The Morgan fingerprint density at radius 2 is 1.40 bits per heavy atom. The first-order valence-corrected chi connectivity index (χ1v) is 12.4. The van der Waals surface area contributed by atoms with Gasteiger partial charge in [-0.25, -0.2) is 14.4 Å². The van der Waals surface area contributed by atoms with Gasteiger partial charge in [0.25, 0.3) is 0 Å². The molecule has 1 N–H and O–H groups in total. The van der Waals surface area contributed by atoms with E-state index >= 15 is 0 Å². The van der Waals surface area contributed by atoms with Crippen LogP contribution < -0.4 is 5.32 Å². The summed E-state index contributed by atoms with van der Waals surface area (Å²) in [6.07, 6.45) is -1.03. The lowest BCUT2D eigenvalue weighted by atomic mass is 10.3. The first kappa shape index (κ1) is 27.8. The lowest BCUT2D eigenvalue weighted by Crippen LogP contribution is -2.40. The average molecular weight is 446 g/mol. The summed E-state index contributed by atoms with van der Waals surface area (Å²) in [5, 5.41) is 2.62. The number of hydrogen-bond donors (Lipinski definition) is 1. The highest BCUT2D eigenvalue weighted by molar-refractivity contribution is 6.66. The SMILES string of the molecule is C=C(C)C(=O)OCC(COC(=O)C(=C)C)OC(=O)NCCC[Si](C)(OCC)OCC. The number of esters is 2. The smallest absolute Gasteiger partial charge is 0.407 e. The number of alkyl carbamates (subject to hydrolysis) is 1. The monoisotopic (exact) mass is 445 g/mol. The van der Waals surface area contributed by atoms with E-state index < -0.39 is 32.7 Å². The molecule has 0 heterocycles. The molecule has 0 unspecified atom stereocenters. The summed E-state index contributed by atoms with van der Waals surface area (Å²) in [6, 6.07) is 0.713. The fourth-order valence-corrected chi connectivity index (χ4v) is 4.70. The average Bonchev–Trinajstić information content (AvgIpc) is 2.66. The molecule has 0 aliphatic heterocycles. The van der Waals surface area contributed by atoms with E-state index in [0.29, 0.717) is 32.2 Å². The molecular formula is C20H35NO8Si. The largest absolute Gasteiger partial charge is 0.458 e. The van der Waals surface area contributed by atoms with Crippen LogP contribution in [0.2, 0.25) is 12.6 Å². The van der Waals surface area contributed by atoms with Crippen LogP contribution in [0.15, 0.2) is 24.3 Å². The molecule has 0 rings (SSSR count). The molecule has 0 fully saturated rings. The molecule has 10 heteroatoms. The number of nitrogens with one attached hydrogen (secondary N) is 1. The Hall–Kier alpha value is -2.17. The first-order valence-electron chi connectivity index (χ1n) is 9.92. The van der Waals surface area contributed by atoms with Crippen LogP contribution in [-0.2, 0) is 32.7 Å². The number of carbonyl (C=O) groups excluding carboxylic acids is 3. The molecule has 0 bridgehead atoms.